The third-order valence-corrected chi connectivity index (χ3v) is 5.03. The summed E-state index contributed by atoms with van der Waals surface area (Å²) < 4.78 is 10.3. The zero-order valence-corrected chi connectivity index (χ0v) is 19.5. The van der Waals surface area contributed by atoms with Crippen LogP contribution < -0.4 is 15.4 Å². The number of nitro benzene ring substituents is 1. The van der Waals surface area contributed by atoms with E-state index in [0.29, 0.717) is 17.7 Å². The molecule has 0 aliphatic rings. The fourth-order valence-electron chi connectivity index (χ4n) is 3.35. The molecule has 3 rings (SSSR count). The summed E-state index contributed by atoms with van der Waals surface area (Å²) in [7, 11) is 0. The predicted octanol–water partition coefficient (Wildman–Crippen LogP) is 4.04. The van der Waals surface area contributed by atoms with E-state index in [9.17, 15) is 24.5 Å². The lowest BCUT2D eigenvalue weighted by atomic mass is 10.0. The van der Waals surface area contributed by atoms with E-state index >= 15 is 0 Å². The van der Waals surface area contributed by atoms with E-state index in [-0.39, 0.29) is 29.5 Å². The van der Waals surface area contributed by atoms with Gasteiger partial charge >= 0.3 is 5.97 Å². The number of rotatable bonds is 11. The van der Waals surface area contributed by atoms with Gasteiger partial charge in [-0.15, -0.1) is 0 Å². The van der Waals surface area contributed by atoms with Crippen LogP contribution >= 0.6 is 0 Å². The van der Waals surface area contributed by atoms with Crippen molar-refractivity contribution >= 4 is 29.2 Å². The first-order valence-corrected chi connectivity index (χ1v) is 11.1. The molecule has 10 heteroatoms. The summed E-state index contributed by atoms with van der Waals surface area (Å²) in [6.45, 7) is 1.41. The first-order chi connectivity index (χ1) is 17.4. The van der Waals surface area contributed by atoms with E-state index in [1.165, 1.54) is 18.2 Å². The van der Waals surface area contributed by atoms with Gasteiger partial charge in [0.05, 0.1) is 30.1 Å². The molecule has 0 fully saturated rings. The molecule has 0 radical (unpaired) electrons. The average Bonchev–Trinajstić information content (AvgIpc) is 2.89. The maximum Gasteiger partial charge on any atom is 0.308 e. The summed E-state index contributed by atoms with van der Waals surface area (Å²) >= 11 is 0. The molecule has 36 heavy (non-hydrogen) atoms. The minimum atomic E-state index is -0.750. The fraction of sp³-hybridized carbons (Fsp3) is 0.192. The standard InChI is InChI=1S/C26H25N3O7/c1-2-35-20-13-14-21(23(15-20)29(33)34)27-24(30)17-36-25(31)16-22(18-9-5-3-6-10-18)28-26(32)19-11-7-4-8-12-19/h3-15,22H,2,16-17H2,1H3,(H,27,30)(H,28,32). The smallest absolute Gasteiger partial charge is 0.308 e. The number of nitrogens with zero attached hydrogens (tertiary/aromatic N) is 1. The number of benzene rings is 3. The number of hydrogen-bond acceptors (Lipinski definition) is 7. The van der Waals surface area contributed by atoms with Gasteiger partial charge in [0.15, 0.2) is 6.61 Å². The summed E-state index contributed by atoms with van der Waals surface area (Å²) in [5.41, 5.74) is 0.714. The molecular formula is C26H25N3O7. The highest BCUT2D eigenvalue weighted by atomic mass is 16.6. The molecule has 0 heterocycles. The molecule has 0 bridgehead atoms. The third-order valence-electron chi connectivity index (χ3n) is 5.03. The van der Waals surface area contributed by atoms with Crippen molar-refractivity contribution in [3.05, 3.63) is 100 Å². The lowest BCUT2D eigenvalue weighted by Crippen LogP contribution is -2.31. The molecule has 1 atom stereocenters. The fourth-order valence-corrected chi connectivity index (χ4v) is 3.35. The van der Waals surface area contributed by atoms with Gasteiger partial charge in [-0.3, -0.25) is 24.5 Å². The van der Waals surface area contributed by atoms with Crippen molar-refractivity contribution in [1.29, 1.82) is 0 Å². The number of nitro groups is 1. The first-order valence-electron chi connectivity index (χ1n) is 11.1. The van der Waals surface area contributed by atoms with Crippen molar-refractivity contribution in [1.82, 2.24) is 5.32 Å². The highest BCUT2D eigenvalue weighted by Crippen LogP contribution is 2.29. The molecule has 186 valence electrons. The van der Waals surface area contributed by atoms with Gasteiger partial charge in [0.25, 0.3) is 17.5 Å². The minimum Gasteiger partial charge on any atom is -0.494 e. The zero-order valence-electron chi connectivity index (χ0n) is 19.5. The van der Waals surface area contributed by atoms with Crippen LogP contribution in [0.1, 0.15) is 35.3 Å². The van der Waals surface area contributed by atoms with Gasteiger partial charge in [-0.25, -0.2) is 0 Å². The normalized spacial score (nSPS) is 11.1. The van der Waals surface area contributed by atoms with Gasteiger partial charge in [-0.1, -0.05) is 48.5 Å². The Balaban J connectivity index is 1.61. The molecule has 0 spiro atoms. The van der Waals surface area contributed by atoms with Gasteiger partial charge in [0.2, 0.25) is 0 Å². The summed E-state index contributed by atoms with van der Waals surface area (Å²) in [6, 6.07) is 20.8. The van der Waals surface area contributed by atoms with Crippen LogP contribution in [0.3, 0.4) is 0 Å². The van der Waals surface area contributed by atoms with Gasteiger partial charge in [0, 0.05) is 5.56 Å². The molecule has 0 aliphatic heterocycles. The number of hydrogen-bond donors (Lipinski definition) is 2. The van der Waals surface area contributed by atoms with E-state index in [2.05, 4.69) is 10.6 Å². The van der Waals surface area contributed by atoms with Gasteiger partial charge in [-0.2, -0.15) is 0 Å². The monoisotopic (exact) mass is 491 g/mol. The van der Waals surface area contributed by atoms with Crippen molar-refractivity contribution in [3.8, 4) is 5.75 Å². The third kappa shape index (κ3) is 7.39. The topological polar surface area (TPSA) is 137 Å². The summed E-state index contributed by atoms with van der Waals surface area (Å²) in [4.78, 5) is 48.2. The van der Waals surface area contributed by atoms with Crippen LogP contribution in [0.25, 0.3) is 0 Å². The van der Waals surface area contributed by atoms with Crippen LogP contribution in [0, 0.1) is 10.1 Å². The number of anilines is 1. The van der Waals surface area contributed by atoms with Crippen LogP contribution in [0.15, 0.2) is 78.9 Å². The maximum absolute atomic E-state index is 12.6. The van der Waals surface area contributed by atoms with Crippen molar-refractivity contribution < 1.29 is 28.8 Å². The van der Waals surface area contributed by atoms with E-state index < -0.39 is 29.4 Å². The molecule has 0 saturated carbocycles. The summed E-state index contributed by atoms with van der Waals surface area (Å²) in [5, 5.41) is 16.5. The maximum atomic E-state index is 12.6. The molecule has 0 saturated heterocycles. The Hall–Kier alpha value is -4.73. The molecule has 1 unspecified atom stereocenters. The predicted molar refractivity (Wildman–Crippen MR) is 132 cm³/mol. The Morgan fingerprint density at radius 1 is 0.972 bits per heavy atom. The SMILES string of the molecule is CCOc1ccc(NC(=O)COC(=O)CC(NC(=O)c2ccccc2)c2ccccc2)c([N+](=O)[O-])c1. The van der Waals surface area contributed by atoms with Gasteiger partial charge in [0.1, 0.15) is 11.4 Å². The molecule has 2 N–H and O–H groups in total. The second-order valence-electron chi connectivity index (χ2n) is 7.58. The van der Waals surface area contributed by atoms with Crippen LogP contribution in [0.5, 0.6) is 5.75 Å². The second-order valence-corrected chi connectivity index (χ2v) is 7.58. The highest BCUT2D eigenvalue weighted by molar-refractivity contribution is 5.96. The van der Waals surface area contributed by atoms with Gasteiger partial charge in [-0.05, 0) is 36.8 Å². The van der Waals surface area contributed by atoms with Crippen molar-refractivity contribution in [2.45, 2.75) is 19.4 Å². The largest absolute Gasteiger partial charge is 0.494 e. The van der Waals surface area contributed by atoms with Crippen molar-refractivity contribution in [2.24, 2.45) is 0 Å². The van der Waals surface area contributed by atoms with E-state index in [1.807, 2.05) is 6.07 Å². The molecule has 0 aromatic heterocycles. The molecule has 10 nitrogen and oxygen atoms in total. The zero-order chi connectivity index (χ0) is 25.9. The van der Waals surface area contributed by atoms with E-state index in [1.54, 1.807) is 61.5 Å². The van der Waals surface area contributed by atoms with E-state index in [4.69, 9.17) is 9.47 Å². The quantitative estimate of drug-likeness (QED) is 0.235. The number of nitrogens with one attached hydrogen (secondary N) is 2. The number of esters is 1. The Morgan fingerprint density at radius 2 is 1.64 bits per heavy atom. The molecular weight excluding hydrogens is 466 g/mol. The summed E-state index contributed by atoms with van der Waals surface area (Å²) in [6.07, 6.45) is -0.223. The Bertz CT molecular complexity index is 1220. The minimum absolute atomic E-state index is 0.0539. The van der Waals surface area contributed by atoms with Crippen LogP contribution in [-0.4, -0.2) is 35.9 Å². The number of ether oxygens (including phenoxy) is 2. The second kappa shape index (κ2) is 12.7. The lowest BCUT2D eigenvalue weighted by molar-refractivity contribution is -0.384. The van der Waals surface area contributed by atoms with Crippen molar-refractivity contribution in [2.75, 3.05) is 18.5 Å². The summed E-state index contributed by atoms with van der Waals surface area (Å²) in [5.74, 6) is -1.55. The number of carbonyl (C=O) groups excluding carboxylic acids is 3. The first kappa shape index (κ1) is 25.9. The highest BCUT2D eigenvalue weighted by Gasteiger charge is 2.22. The van der Waals surface area contributed by atoms with Gasteiger partial charge < -0.3 is 20.1 Å². The number of carbonyl (C=O) groups is 3. The number of amides is 2. The van der Waals surface area contributed by atoms with Crippen LogP contribution in [0.2, 0.25) is 0 Å². The molecule has 2 amide bonds. The van der Waals surface area contributed by atoms with Crippen LogP contribution in [-0.2, 0) is 14.3 Å². The molecule has 3 aromatic rings. The average molecular weight is 492 g/mol. The molecule has 3 aromatic carbocycles. The van der Waals surface area contributed by atoms with E-state index in [0.717, 1.165) is 0 Å². The Kier molecular flexibility index (Phi) is 9.10. The van der Waals surface area contributed by atoms with Crippen molar-refractivity contribution in [3.63, 3.8) is 0 Å². The lowest BCUT2D eigenvalue weighted by Gasteiger charge is -2.19. The Morgan fingerprint density at radius 3 is 2.28 bits per heavy atom. The Labute approximate surface area is 207 Å². The van der Waals surface area contributed by atoms with Crippen LogP contribution in [0.4, 0.5) is 11.4 Å². The molecule has 0 aliphatic carbocycles.